The molecule has 2 aromatic heterocycles. The van der Waals surface area contributed by atoms with Crippen molar-refractivity contribution in [2.45, 2.75) is 37.1 Å². The third-order valence-electron chi connectivity index (χ3n) is 4.47. The zero-order valence-electron chi connectivity index (χ0n) is 11.8. The van der Waals surface area contributed by atoms with Gasteiger partial charge in [-0.3, -0.25) is 9.47 Å². The Bertz CT molecular complexity index is 617. The van der Waals surface area contributed by atoms with Gasteiger partial charge in [0.25, 0.3) is 0 Å². The highest BCUT2D eigenvalue weighted by Crippen LogP contribution is 2.42. The smallest absolute Gasteiger partial charge is 0.161 e. The summed E-state index contributed by atoms with van der Waals surface area (Å²) in [5, 5.41) is 0.554. The monoisotopic (exact) mass is 288 g/mol. The minimum absolute atomic E-state index is 0.436. The summed E-state index contributed by atoms with van der Waals surface area (Å²) < 4.78 is 2.42. The van der Waals surface area contributed by atoms with Crippen molar-refractivity contribution in [1.29, 1.82) is 0 Å². The van der Waals surface area contributed by atoms with Crippen molar-refractivity contribution >= 4 is 22.9 Å². The summed E-state index contributed by atoms with van der Waals surface area (Å²) in [6, 6.07) is 4.08. The van der Waals surface area contributed by atoms with Gasteiger partial charge in [0.1, 0.15) is 11.3 Å². The fourth-order valence-electron chi connectivity index (χ4n) is 3.47. The molecular formula is C15H20N4S. The molecule has 2 unspecified atom stereocenters. The first-order valence-electron chi connectivity index (χ1n) is 7.49. The largest absolute Gasteiger partial charge is 0.295 e. The van der Waals surface area contributed by atoms with Crippen LogP contribution in [0.2, 0.25) is 0 Å². The summed E-state index contributed by atoms with van der Waals surface area (Å²) in [6.07, 6.45) is 7.37. The molecule has 2 aromatic rings. The molecule has 4 nitrogen and oxygen atoms in total. The lowest BCUT2D eigenvalue weighted by Crippen LogP contribution is -2.25. The van der Waals surface area contributed by atoms with Gasteiger partial charge in [-0.25, -0.2) is 9.97 Å². The Morgan fingerprint density at radius 1 is 1.30 bits per heavy atom. The average Bonchev–Trinajstić information content (AvgIpc) is 3.15. The molecule has 2 saturated heterocycles. The van der Waals surface area contributed by atoms with Crippen LogP contribution in [-0.2, 0) is 0 Å². The molecule has 4 heterocycles. The molecule has 5 heteroatoms. The van der Waals surface area contributed by atoms with Crippen molar-refractivity contribution < 1.29 is 0 Å². The van der Waals surface area contributed by atoms with Gasteiger partial charge in [0.05, 0.1) is 11.4 Å². The maximum atomic E-state index is 4.93. The van der Waals surface area contributed by atoms with Crippen molar-refractivity contribution in [1.82, 2.24) is 19.4 Å². The number of rotatable bonds is 2. The molecule has 0 spiro atoms. The molecule has 0 aliphatic carbocycles. The number of hydrogen-bond donors (Lipinski definition) is 0. The topological polar surface area (TPSA) is 34.0 Å². The molecule has 0 aromatic carbocycles. The lowest BCUT2D eigenvalue weighted by atomic mass is 10.2. The van der Waals surface area contributed by atoms with Gasteiger partial charge in [-0.1, -0.05) is 0 Å². The number of fused-ring (bicyclic) bond motifs is 1. The van der Waals surface area contributed by atoms with E-state index in [1.807, 2.05) is 12.3 Å². The normalized spacial score (nSPS) is 27.6. The second-order valence-corrected chi connectivity index (χ2v) is 7.10. The van der Waals surface area contributed by atoms with Gasteiger partial charge in [-0.2, -0.15) is 11.8 Å². The van der Waals surface area contributed by atoms with E-state index in [-0.39, 0.29) is 0 Å². The van der Waals surface area contributed by atoms with Crippen LogP contribution in [0.15, 0.2) is 18.3 Å². The first-order chi connectivity index (χ1) is 9.84. The van der Waals surface area contributed by atoms with Crippen LogP contribution in [0.5, 0.6) is 0 Å². The maximum Gasteiger partial charge on any atom is 0.161 e. The first kappa shape index (κ1) is 12.7. The van der Waals surface area contributed by atoms with E-state index in [1.54, 1.807) is 0 Å². The second kappa shape index (κ2) is 5.04. The van der Waals surface area contributed by atoms with E-state index < -0.39 is 0 Å². The highest BCUT2D eigenvalue weighted by atomic mass is 32.2. The van der Waals surface area contributed by atoms with Crippen molar-refractivity contribution in [3.05, 3.63) is 24.2 Å². The summed E-state index contributed by atoms with van der Waals surface area (Å²) in [5.74, 6) is 2.52. The van der Waals surface area contributed by atoms with E-state index in [0.29, 0.717) is 11.4 Å². The second-order valence-electron chi connectivity index (χ2n) is 5.79. The van der Waals surface area contributed by atoms with Crippen LogP contribution in [0.1, 0.15) is 42.9 Å². The van der Waals surface area contributed by atoms with Gasteiger partial charge in [-0.05, 0) is 57.2 Å². The Kier molecular flexibility index (Phi) is 3.19. The van der Waals surface area contributed by atoms with E-state index in [0.717, 1.165) is 11.2 Å². The molecule has 2 aliphatic rings. The molecule has 0 amide bonds. The highest BCUT2D eigenvalue weighted by Gasteiger charge is 2.31. The van der Waals surface area contributed by atoms with Crippen molar-refractivity contribution in [3.63, 3.8) is 0 Å². The number of imidazole rings is 1. The van der Waals surface area contributed by atoms with E-state index in [2.05, 4.69) is 39.3 Å². The molecule has 2 fully saturated rings. The molecular weight excluding hydrogens is 268 g/mol. The van der Waals surface area contributed by atoms with Crippen molar-refractivity contribution in [2.75, 3.05) is 19.3 Å². The lowest BCUT2D eigenvalue weighted by Gasteiger charge is -2.24. The van der Waals surface area contributed by atoms with Crippen LogP contribution in [0, 0.1) is 0 Å². The maximum absolute atomic E-state index is 4.93. The number of thioether (sulfide) groups is 1. The van der Waals surface area contributed by atoms with Gasteiger partial charge in [-0.15, -0.1) is 0 Å². The average molecular weight is 288 g/mol. The molecule has 2 aliphatic heterocycles. The third-order valence-corrected chi connectivity index (χ3v) is 5.85. The van der Waals surface area contributed by atoms with E-state index >= 15 is 0 Å². The Balaban J connectivity index is 1.88. The number of hydrogen-bond acceptors (Lipinski definition) is 4. The number of likely N-dealkylation sites (tertiary alicyclic amines) is 1. The minimum atomic E-state index is 0.436. The van der Waals surface area contributed by atoms with Crippen LogP contribution in [0.25, 0.3) is 11.2 Å². The van der Waals surface area contributed by atoms with Gasteiger partial charge >= 0.3 is 0 Å². The Hall–Kier alpha value is -1.07. The molecule has 20 heavy (non-hydrogen) atoms. The van der Waals surface area contributed by atoms with Crippen LogP contribution >= 0.6 is 11.8 Å². The first-order valence-corrected chi connectivity index (χ1v) is 8.54. The van der Waals surface area contributed by atoms with Crippen molar-refractivity contribution in [3.8, 4) is 0 Å². The van der Waals surface area contributed by atoms with Gasteiger partial charge in [0.15, 0.2) is 5.65 Å². The lowest BCUT2D eigenvalue weighted by molar-refractivity contribution is 0.237. The summed E-state index contributed by atoms with van der Waals surface area (Å²) >= 11 is 2.06. The quantitative estimate of drug-likeness (QED) is 0.849. The molecule has 0 saturated carbocycles. The molecule has 0 N–H and O–H groups in total. The van der Waals surface area contributed by atoms with E-state index in [9.17, 15) is 0 Å². The molecule has 0 radical (unpaired) electrons. The standard InChI is InChI=1S/C15H20N4S/c1-18-9-3-7-13(18)19-14-11(5-2-8-16-14)17-15(19)12-6-4-10-20-12/h2,5,8,12-13H,3-4,6-7,9-10H2,1H3. The number of nitrogens with zero attached hydrogens (tertiary/aromatic N) is 4. The van der Waals surface area contributed by atoms with Gasteiger partial charge in [0.2, 0.25) is 0 Å². The van der Waals surface area contributed by atoms with Crippen LogP contribution in [0.4, 0.5) is 0 Å². The minimum Gasteiger partial charge on any atom is -0.295 e. The third kappa shape index (κ3) is 1.95. The molecule has 106 valence electrons. The van der Waals surface area contributed by atoms with E-state index in [4.69, 9.17) is 4.98 Å². The summed E-state index contributed by atoms with van der Waals surface area (Å²) in [6.45, 7) is 1.18. The molecule has 4 rings (SSSR count). The van der Waals surface area contributed by atoms with Crippen LogP contribution in [0.3, 0.4) is 0 Å². The zero-order chi connectivity index (χ0) is 13.5. The molecule has 2 atom stereocenters. The fraction of sp³-hybridized carbons (Fsp3) is 0.600. The summed E-state index contributed by atoms with van der Waals surface area (Å²) in [7, 11) is 2.22. The fourth-order valence-corrected chi connectivity index (χ4v) is 4.73. The zero-order valence-corrected chi connectivity index (χ0v) is 12.6. The Labute approximate surface area is 123 Å². The predicted molar refractivity (Wildman–Crippen MR) is 82.9 cm³/mol. The molecule has 0 bridgehead atoms. The number of aromatic nitrogens is 3. The van der Waals surface area contributed by atoms with Gasteiger partial charge in [0, 0.05) is 6.20 Å². The highest BCUT2D eigenvalue weighted by molar-refractivity contribution is 7.99. The Morgan fingerprint density at radius 2 is 2.25 bits per heavy atom. The van der Waals surface area contributed by atoms with Gasteiger partial charge < -0.3 is 0 Å². The van der Waals surface area contributed by atoms with E-state index in [1.165, 1.54) is 43.8 Å². The predicted octanol–water partition coefficient (Wildman–Crippen LogP) is 3.22. The van der Waals surface area contributed by atoms with Crippen LogP contribution < -0.4 is 0 Å². The van der Waals surface area contributed by atoms with Crippen LogP contribution in [-0.4, -0.2) is 38.8 Å². The summed E-state index contributed by atoms with van der Waals surface area (Å²) in [5.41, 5.74) is 2.11. The number of pyridine rings is 1. The van der Waals surface area contributed by atoms with Crippen molar-refractivity contribution in [2.24, 2.45) is 0 Å². The SMILES string of the molecule is CN1CCCC1n1c(C2CCCS2)nc2cccnc21. The summed E-state index contributed by atoms with van der Waals surface area (Å²) in [4.78, 5) is 12.0. The Morgan fingerprint density at radius 3 is 3.00 bits per heavy atom.